The molecule has 2 aromatic heterocycles. The molecule has 1 fully saturated rings. The lowest BCUT2D eigenvalue weighted by molar-refractivity contribution is -0.141. The second-order valence-electron chi connectivity index (χ2n) is 7.40. The summed E-state index contributed by atoms with van der Waals surface area (Å²) in [5.74, 6) is -0.0577. The highest BCUT2D eigenvalue weighted by atomic mass is 19.4. The molecule has 4 rings (SSSR count). The van der Waals surface area contributed by atoms with Crippen LogP contribution in [0.15, 0.2) is 48.8 Å². The molecule has 0 unspecified atom stereocenters. The van der Waals surface area contributed by atoms with Gasteiger partial charge >= 0.3 is 6.18 Å². The van der Waals surface area contributed by atoms with E-state index in [2.05, 4.69) is 10.3 Å². The fourth-order valence-electron chi connectivity index (χ4n) is 3.76. The molecule has 1 amide bonds. The van der Waals surface area contributed by atoms with Crippen molar-refractivity contribution in [2.24, 2.45) is 7.05 Å². The van der Waals surface area contributed by atoms with Crippen molar-refractivity contribution in [2.45, 2.75) is 25.1 Å². The van der Waals surface area contributed by atoms with Crippen LogP contribution in [0.1, 0.15) is 17.7 Å². The summed E-state index contributed by atoms with van der Waals surface area (Å²) in [6.45, 7) is 1.21. The number of halogens is 3. The van der Waals surface area contributed by atoms with Gasteiger partial charge in [-0.25, -0.2) is 4.98 Å². The van der Waals surface area contributed by atoms with Crippen molar-refractivity contribution in [3.63, 3.8) is 0 Å². The summed E-state index contributed by atoms with van der Waals surface area (Å²) in [6.07, 6.45) is -0.184. The van der Waals surface area contributed by atoms with Crippen LogP contribution in [-0.4, -0.2) is 34.6 Å². The number of carbonyl (C=O) groups is 1. The Hall–Kier alpha value is -3.03. The lowest BCUT2D eigenvalue weighted by Gasteiger charge is -2.19. The van der Waals surface area contributed by atoms with Gasteiger partial charge in [-0.3, -0.25) is 4.79 Å². The minimum atomic E-state index is -4.44. The molecule has 1 aliphatic heterocycles. The molecule has 0 spiro atoms. The fourth-order valence-corrected chi connectivity index (χ4v) is 3.76. The van der Waals surface area contributed by atoms with Crippen LogP contribution in [0.4, 0.5) is 18.9 Å². The third-order valence-corrected chi connectivity index (χ3v) is 5.27. The SMILES string of the molecule is Cn1ccc2cc(CC(=O)N[C@@H]3CCN(c4ccc(C(F)(F)F)nc4)C3)ccc21. The monoisotopic (exact) mass is 402 g/mol. The van der Waals surface area contributed by atoms with E-state index < -0.39 is 11.9 Å². The number of aromatic nitrogens is 2. The number of alkyl halides is 3. The highest BCUT2D eigenvalue weighted by Crippen LogP contribution is 2.29. The largest absolute Gasteiger partial charge is 0.433 e. The number of benzene rings is 1. The van der Waals surface area contributed by atoms with Crippen molar-refractivity contribution in [2.75, 3.05) is 18.0 Å². The summed E-state index contributed by atoms with van der Waals surface area (Å²) >= 11 is 0. The maximum absolute atomic E-state index is 12.6. The first kappa shape index (κ1) is 19.3. The molecule has 5 nitrogen and oxygen atoms in total. The molecule has 1 atom stereocenters. The fraction of sp³-hybridized carbons (Fsp3) is 0.333. The predicted molar refractivity (Wildman–Crippen MR) is 105 cm³/mol. The highest BCUT2D eigenvalue weighted by molar-refractivity contribution is 5.84. The van der Waals surface area contributed by atoms with Crippen LogP contribution in [-0.2, 0) is 24.4 Å². The molecule has 0 radical (unpaired) electrons. The Balaban J connectivity index is 1.33. The van der Waals surface area contributed by atoms with Gasteiger partial charge in [-0.2, -0.15) is 13.2 Å². The van der Waals surface area contributed by atoms with Gasteiger partial charge in [0.05, 0.1) is 18.3 Å². The molecule has 29 heavy (non-hydrogen) atoms. The van der Waals surface area contributed by atoms with Crippen LogP contribution < -0.4 is 10.2 Å². The number of aryl methyl sites for hydroxylation is 1. The number of hydrogen-bond acceptors (Lipinski definition) is 3. The van der Waals surface area contributed by atoms with Crippen molar-refractivity contribution in [1.29, 1.82) is 0 Å². The first-order valence-corrected chi connectivity index (χ1v) is 9.41. The van der Waals surface area contributed by atoms with Gasteiger partial charge in [-0.05, 0) is 47.7 Å². The van der Waals surface area contributed by atoms with E-state index in [0.29, 0.717) is 25.2 Å². The minimum absolute atomic E-state index is 0.0368. The maximum atomic E-state index is 12.6. The molecule has 3 heterocycles. The Morgan fingerprint density at radius 2 is 2.07 bits per heavy atom. The van der Waals surface area contributed by atoms with Crippen LogP contribution in [0.2, 0.25) is 0 Å². The van der Waals surface area contributed by atoms with Crippen molar-refractivity contribution < 1.29 is 18.0 Å². The second kappa shape index (κ2) is 7.42. The van der Waals surface area contributed by atoms with Gasteiger partial charge in [-0.1, -0.05) is 6.07 Å². The Morgan fingerprint density at radius 3 is 2.79 bits per heavy atom. The molecule has 152 valence electrons. The Morgan fingerprint density at radius 1 is 1.24 bits per heavy atom. The lowest BCUT2D eigenvalue weighted by Crippen LogP contribution is -2.38. The van der Waals surface area contributed by atoms with Crippen molar-refractivity contribution >= 4 is 22.5 Å². The number of pyridine rings is 1. The smallest absolute Gasteiger partial charge is 0.368 e. The highest BCUT2D eigenvalue weighted by Gasteiger charge is 2.32. The van der Waals surface area contributed by atoms with E-state index >= 15 is 0 Å². The summed E-state index contributed by atoms with van der Waals surface area (Å²) < 4.78 is 40.0. The average Bonchev–Trinajstić information content (AvgIpc) is 3.28. The number of hydrogen-bond donors (Lipinski definition) is 1. The van der Waals surface area contributed by atoms with Gasteiger partial charge in [0.15, 0.2) is 0 Å². The van der Waals surface area contributed by atoms with Crippen molar-refractivity contribution in [3.05, 3.63) is 60.0 Å². The van der Waals surface area contributed by atoms with E-state index in [1.54, 1.807) is 0 Å². The van der Waals surface area contributed by atoms with Gasteiger partial charge in [0.1, 0.15) is 5.69 Å². The summed E-state index contributed by atoms with van der Waals surface area (Å²) in [6, 6.07) is 10.4. The summed E-state index contributed by atoms with van der Waals surface area (Å²) in [7, 11) is 1.98. The zero-order valence-electron chi connectivity index (χ0n) is 15.9. The number of carbonyl (C=O) groups excluding carboxylic acids is 1. The Labute approximate surface area is 166 Å². The third kappa shape index (κ3) is 4.21. The first-order chi connectivity index (χ1) is 13.8. The number of rotatable bonds is 4. The first-order valence-electron chi connectivity index (χ1n) is 9.41. The van der Waals surface area contributed by atoms with E-state index in [9.17, 15) is 18.0 Å². The van der Waals surface area contributed by atoms with Gasteiger partial charge in [0, 0.05) is 37.9 Å². The molecule has 8 heteroatoms. The van der Waals surface area contributed by atoms with Gasteiger partial charge in [-0.15, -0.1) is 0 Å². The van der Waals surface area contributed by atoms with Gasteiger partial charge in [0.2, 0.25) is 5.91 Å². The quantitative estimate of drug-likeness (QED) is 0.727. The number of fused-ring (bicyclic) bond motifs is 1. The predicted octanol–water partition coefficient (Wildman–Crippen LogP) is 3.53. The summed E-state index contributed by atoms with van der Waals surface area (Å²) in [5.41, 5.74) is 1.79. The van der Waals surface area contributed by atoms with Crippen LogP contribution in [0.5, 0.6) is 0 Å². The number of anilines is 1. The van der Waals surface area contributed by atoms with Crippen LogP contribution in [0.25, 0.3) is 10.9 Å². The van der Waals surface area contributed by atoms with Crippen LogP contribution in [0, 0.1) is 0 Å². The van der Waals surface area contributed by atoms with Crippen molar-refractivity contribution in [3.8, 4) is 0 Å². The number of nitrogens with one attached hydrogen (secondary N) is 1. The number of nitrogens with zero attached hydrogens (tertiary/aromatic N) is 3. The van der Waals surface area contributed by atoms with E-state index in [1.807, 2.05) is 47.0 Å². The Bertz CT molecular complexity index is 1030. The molecule has 0 saturated carbocycles. The van der Waals surface area contributed by atoms with Crippen molar-refractivity contribution in [1.82, 2.24) is 14.9 Å². The summed E-state index contributed by atoms with van der Waals surface area (Å²) in [4.78, 5) is 17.9. The molecule has 0 aliphatic carbocycles. The Kier molecular flexibility index (Phi) is 4.94. The van der Waals surface area contributed by atoms with E-state index in [4.69, 9.17) is 0 Å². The molecule has 0 bridgehead atoms. The maximum Gasteiger partial charge on any atom is 0.433 e. The molecule has 1 saturated heterocycles. The second-order valence-corrected chi connectivity index (χ2v) is 7.40. The normalized spacial score (nSPS) is 17.1. The van der Waals surface area contributed by atoms with E-state index in [1.165, 1.54) is 12.3 Å². The average molecular weight is 402 g/mol. The zero-order chi connectivity index (χ0) is 20.6. The summed E-state index contributed by atoms with van der Waals surface area (Å²) in [5, 5.41) is 4.13. The molecular weight excluding hydrogens is 381 g/mol. The number of amides is 1. The minimum Gasteiger partial charge on any atom is -0.368 e. The van der Waals surface area contributed by atoms with Crippen LogP contribution in [0.3, 0.4) is 0 Å². The van der Waals surface area contributed by atoms with E-state index in [-0.39, 0.29) is 11.9 Å². The molecule has 1 N–H and O–H groups in total. The van der Waals surface area contributed by atoms with Crippen LogP contribution >= 0.6 is 0 Å². The van der Waals surface area contributed by atoms with E-state index in [0.717, 1.165) is 29.0 Å². The molecular formula is C21H21F3N4O. The third-order valence-electron chi connectivity index (χ3n) is 5.27. The standard InChI is InChI=1S/C21H21F3N4O/c1-27-8-6-15-10-14(2-4-18(15)27)11-20(29)26-16-7-9-28(13-16)17-3-5-19(25-12-17)21(22,23)24/h2-6,8,10,12,16H,7,9,11,13H2,1H3,(H,26,29)/t16-/m1/s1. The molecule has 1 aromatic carbocycles. The van der Waals surface area contributed by atoms with Gasteiger partial charge in [0.25, 0.3) is 0 Å². The van der Waals surface area contributed by atoms with Gasteiger partial charge < -0.3 is 14.8 Å². The zero-order valence-corrected chi connectivity index (χ0v) is 15.9. The molecule has 1 aliphatic rings. The molecule has 3 aromatic rings. The lowest BCUT2D eigenvalue weighted by atomic mass is 10.1. The topological polar surface area (TPSA) is 50.2 Å².